The van der Waals surface area contributed by atoms with Crippen LogP contribution in [0.2, 0.25) is 0 Å². The van der Waals surface area contributed by atoms with E-state index in [4.69, 9.17) is 9.47 Å². The van der Waals surface area contributed by atoms with Gasteiger partial charge in [0.25, 0.3) is 0 Å². The molecule has 0 saturated carbocycles. The summed E-state index contributed by atoms with van der Waals surface area (Å²) in [5, 5.41) is 0. The van der Waals surface area contributed by atoms with Crippen molar-refractivity contribution in [1.29, 1.82) is 0 Å². The van der Waals surface area contributed by atoms with Crippen molar-refractivity contribution in [2.45, 2.75) is 51.6 Å². The highest BCUT2D eigenvalue weighted by Gasteiger charge is 2.29. The van der Waals surface area contributed by atoms with E-state index in [0.717, 1.165) is 12.0 Å². The molecule has 35 heavy (non-hydrogen) atoms. The quantitative estimate of drug-likeness (QED) is 0.312. The van der Waals surface area contributed by atoms with Crippen LogP contribution in [-0.4, -0.2) is 13.2 Å². The van der Waals surface area contributed by atoms with Crippen molar-refractivity contribution >= 4 is 0 Å². The van der Waals surface area contributed by atoms with E-state index in [1.54, 1.807) is 13.0 Å². The average molecular weight is 491 g/mol. The fourth-order valence-electron chi connectivity index (χ4n) is 4.59. The average Bonchev–Trinajstić information content (AvgIpc) is 2.86. The van der Waals surface area contributed by atoms with Gasteiger partial charge < -0.3 is 9.47 Å². The lowest BCUT2D eigenvalue weighted by atomic mass is 9.87. The third-order valence-electron chi connectivity index (χ3n) is 6.43. The van der Waals surface area contributed by atoms with Gasteiger partial charge in [-0.15, -0.1) is 0 Å². The van der Waals surface area contributed by atoms with Gasteiger partial charge in [-0.2, -0.15) is 4.39 Å². The van der Waals surface area contributed by atoms with Crippen molar-refractivity contribution in [3.63, 3.8) is 0 Å². The Hall–Kier alpha value is -2.93. The molecule has 3 aromatic carbocycles. The fraction of sp³-hybridized carbons (Fsp3) is 0.357. The zero-order chi connectivity index (χ0) is 25.1. The van der Waals surface area contributed by atoms with Gasteiger partial charge in [-0.05, 0) is 61.1 Å². The molecule has 0 aliphatic carbocycles. The zero-order valence-electron chi connectivity index (χ0n) is 19.6. The molecule has 0 N–H and O–H groups in total. The van der Waals surface area contributed by atoms with Crippen LogP contribution in [0.3, 0.4) is 0 Å². The molecule has 2 unspecified atom stereocenters. The van der Waals surface area contributed by atoms with E-state index in [1.165, 1.54) is 30.3 Å². The maximum atomic E-state index is 15.0. The van der Waals surface area contributed by atoms with Gasteiger partial charge in [0.1, 0.15) is 5.82 Å². The van der Waals surface area contributed by atoms with E-state index < -0.39 is 29.2 Å². The van der Waals surface area contributed by atoms with Crippen LogP contribution in [0.4, 0.5) is 22.0 Å². The summed E-state index contributed by atoms with van der Waals surface area (Å²) in [7, 11) is 0. The molecule has 2 atom stereocenters. The minimum atomic E-state index is -1.30. The normalized spacial score (nSPS) is 18.0. The first-order valence-corrected chi connectivity index (χ1v) is 11.8. The smallest absolute Gasteiger partial charge is 0.201 e. The molecular weight excluding hydrogens is 463 g/mol. The summed E-state index contributed by atoms with van der Waals surface area (Å²) in [6.07, 6.45) is 2.19. The van der Waals surface area contributed by atoms with E-state index in [2.05, 4.69) is 0 Å². The molecule has 2 nitrogen and oxygen atoms in total. The Labute approximate surface area is 201 Å². The highest BCUT2D eigenvalue weighted by molar-refractivity contribution is 5.66. The molecule has 186 valence electrons. The molecule has 1 heterocycles. The van der Waals surface area contributed by atoms with E-state index in [-0.39, 0.29) is 47.6 Å². The molecule has 1 aliphatic rings. The standard InChI is InChI=1S/C28H27F5O2/c1-3-5-16-6-7-17(14-22(16)29)23-12-8-18(15-35-23)19-9-10-20(26(31)25(19)30)21-11-13-24(34-4-2)28(33)27(21)32/h6-7,9-11,13-14,18,23H,3-5,8,12,15H2,1-2H3. The van der Waals surface area contributed by atoms with Crippen LogP contribution in [0.1, 0.15) is 61.8 Å². The first kappa shape index (κ1) is 25.2. The van der Waals surface area contributed by atoms with Crippen LogP contribution < -0.4 is 4.74 Å². The van der Waals surface area contributed by atoms with Crippen molar-refractivity contribution in [3.8, 4) is 16.9 Å². The fourth-order valence-corrected chi connectivity index (χ4v) is 4.59. The van der Waals surface area contributed by atoms with Gasteiger partial charge in [-0.25, -0.2) is 17.6 Å². The molecular formula is C28H27F5O2. The van der Waals surface area contributed by atoms with Crippen molar-refractivity contribution < 1.29 is 31.4 Å². The van der Waals surface area contributed by atoms with Crippen LogP contribution in [0.15, 0.2) is 42.5 Å². The predicted molar refractivity (Wildman–Crippen MR) is 124 cm³/mol. The summed E-state index contributed by atoms with van der Waals surface area (Å²) < 4.78 is 84.0. The van der Waals surface area contributed by atoms with Crippen LogP contribution in [0, 0.1) is 29.1 Å². The Balaban J connectivity index is 1.51. The molecule has 1 aliphatic heterocycles. The monoisotopic (exact) mass is 490 g/mol. The van der Waals surface area contributed by atoms with Crippen molar-refractivity contribution in [2.75, 3.05) is 13.2 Å². The lowest BCUT2D eigenvalue weighted by Gasteiger charge is -2.30. The SMILES string of the molecule is CCCc1ccc(C2CCC(c3ccc(-c4ccc(OCC)c(F)c4F)c(F)c3F)CO2)cc1F. The second-order valence-electron chi connectivity index (χ2n) is 8.70. The lowest BCUT2D eigenvalue weighted by molar-refractivity contribution is 0.00147. The van der Waals surface area contributed by atoms with E-state index in [1.807, 2.05) is 13.0 Å². The van der Waals surface area contributed by atoms with Crippen molar-refractivity contribution in [1.82, 2.24) is 0 Å². The highest BCUT2D eigenvalue weighted by atomic mass is 19.2. The third-order valence-corrected chi connectivity index (χ3v) is 6.43. The van der Waals surface area contributed by atoms with Gasteiger partial charge in [0.05, 0.1) is 19.3 Å². The van der Waals surface area contributed by atoms with E-state index >= 15 is 4.39 Å². The summed E-state index contributed by atoms with van der Waals surface area (Å²) in [5.41, 5.74) is 0.730. The maximum Gasteiger partial charge on any atom is 0.201 e. The van der Waals surface area contributed by atoms with Crippen LogP contribution in [0.5, 0.6) is 5.75 Å². The zero-order valence-corrected chi connectivity index (χ0v) is 19.6. The number of benzene rings is 3. The minimum Gasteiger partial charge on any atom is -0.491 e. The molecule has 4 rings (SSSR count). The molecule has 0 aromatic heterocycles. The molecule has 0 spiro atoms. The summed E-state index contributed by atoms with van der Waals surface area (Å²) in [6.45, 7) is 3.87. The van der Waals surface area contributed by atoms with Gasteiger partial charge in [-0.1, -0.05) is 37.6 Å². The van der Waals surface area contributed by atoms with Crippen molar-refractivity contribution in [2.24, 2.45) is 0 Å². The van der Waals surface area contributed by atoms with Crippen molar-refractivity contribution in [3.05, 3.63) is 88.2 Å². The number of aryl methyl sites for hydroxylation is 1. The predicted octanol–water partition coefficient (Wildman–Crippen LogP) is 8.04. The Morgan fingerprint density at radius 2 is 1.54 bits per heavy atom. The van der Waals surface area contributed by atoms with E-state index in [9.17, 15) is 17.6 Å². The number of hydrogen-bond acceptors (Lipinski definition) is 2. The maximum absolute atomic E-state index is 15.0. The molecule has 1 saturated heterocycles. The van der Waals surface area contributed by atoms with Gasteiger partial charge >= 0.3 is 0 Å². The molecule has 3 aromatic rings. The Morgan fingerprint density at radius 3 is 2.17 bits per heavy atom. The third kappa shape index (κ3) is 5.06. The molecule has 0 radical (unpaired) electrons. The Kier molecular flexibility index (Phi) is 7.75. The summed E-state index contributed by atoms with van der Waals surface area (Å²) in [4.78, 5) is 0. The van der Waals surface area contributed by atoms with Crippen LogP contribution in [-0.2, 0) is 11.2 Å². The molecule has 0 bridgehead atoms. The first-order chi connectivity index (χ1) is 16.8. The summed E-state index contributed by atoms with van der Waals surface area (Å²) in [5.74, 6) is -5.89. The second kappa shape index (κ2) is 10.8. The largest absolute Gasteiger partial charge is 0.491 e. The first-order valence-electron chi connectivity index (χ1n) is 11.8. The lowest BCUT2D eigenvalue weighted by Crippen LogP contribution is -2.21. The van der Waals surface area contributed by atoms with Crippen LogP contribution >= 0.6 is 0 Å². The molecule has 1 fully saturated rings. The second-order valence-corrected chi connectivity index (χ2v) is 8.70. The van der Waals surface area contributed by atoms with Gasteiger partial charge in [-0.3, -0.25) is 0 Å². The van der Waals surface area contributed by atoms with Gasteiger partial charge in [0.15, 0.2) is 23.2 Å². The number of ether oxygens (including phenoxy) is 2. The molecule has 0 amide bonds. The van der Waals surface area contributed by atoms with E-state index in [0.29, 0.717) is 24.8 Å². The highest BCUT2D eigenvalue weighted by Crippen LogP contribution is 2.39. The minimum absolute atomic E-state index is 0.112. The number of rotatable bonds is 7. The number of hydrogen-bond donors (Lipinski definition) is 0. The summed E-state index contributed by atoms with van der Waals surface area (Å²) in [6, 6.07) is 10.1. The van der Waals surface area contributed by atoms with Crippen LogP contribution in [0.25, 0.3) is 11.1 Å². The topological polar surface area (TPSA) is 18.5 Å². The Morgan fingerprint density at radius 1 is 0.829 bits per heavy atom. The number of halogens is 5. The summed E-state index contributed by atoms with van der Waals surface area (Å²) >= 11 is 0. The Bertz CT molecular complexity index is 1200. The molecule has 7 heteroatoms. The van der Waals surface area contributed by atoms with Gasteiger partial charge in [0.2, 0.25) is 5.82 Å². The van der Waals surface area contributed by atoms with Gasteiger partial charge in [0, 0.05) is 17.0 Å².